The van der Waals surface area contributed by atoms with Crippen LogP contribution in [0.25, 0.3) is 0 Å². The molecule has 1 saturated heterocycles. The predicted molar refractivity (Wildman–Crippen MR) is 96.5 cm³/mol. The van der Waals surface area contributed by atoms with E-state index in [1.165, 1.54) is 17.5 Å². The molecule has 0 bridgehead atoms. The Morgan fingerprint density at radius 1 is 0.875 bits per heavy atom. The second-order valence-electron chi connectivity index (χ2n) is 6.35. The molecule has 1 fully saturated rings. The number of hydrogen-bond donors (Lipinski definition) is 0. The zero-order chi connectivity index (χ0) is 16.5. The lowest BCUT2D eigenvalue weighted by Crippen LogP contribution is -2.30. The van der Waals surface area contributed by atoms with Gasteiger partial charge < -0.3 is 9.47 Å². The van der Waals surface area contributed by atoms with Crippen molar-refractivity contribution < 1.29 is 9.47 Å². The Bertz CT molecular complexity index is 525. The summed E-state index contributed by atoms with van der Waals surface area (Å²) in [7, 11) is 0. The Balaban J connectivity index is 1.54. The standard InChI is InChI=1S/C21H27NO2/c1-3-9-19(10-4-1)17-22(18-20-11-5-2-6-12-20)14-16-24-21-13-7-8-15-23-21/h1-6,9-12,21H,7-8,13-18H2. The van der Waals surface area contributed by atoms with Gasteiger partial charge >= 0.3 is 0 Å². The minimum atomic E-state index is -0.00551. The highest BCUT2D eigenvalue weighted by atomic mass is 16.7. The summed E-state index contributed by atoms with van der Waals surface area (Å²) in [6.45, 7) is 4.33. The summed E-state index contributed by atoms with van der Waals surface area (Å²) < 4.78 is 11.6. The lowest BCUT2D eigenvalue weighted by atomic mass is 10.1. The van der Waals surface area contributed by atoms with Gasteiger partial charge in [0.05, 0.1) is 6.61 Å². The fourth-order valence-electron chi connectivity index (χ4n) is 3.05. The Kier molecular flexibility index (Phi) is 6.84. The first kappa shape index (κ1) is 17.2. The van der Waals surface area contributed by atoms with Crippen molar-refractivity contribution in [1.82, 2.24) is 4.90 Å². The SMILES string of the molecule is c1ccc(CN(CCOC2CCCCO2)Cc2ccccc2)cc1. The van der Waals surface area contributed by atoms with Crippen LogP contribution in [0.4, 0.5) is 0 Å². The molecule has 0 spiro atoms. The number of rotatable bonds is 8. The molecule has 0 aliphatic carbocycles. The van der Waals surface area contributed by atoms with E-state index >= 15 is 0 Å². The molecule has 0 saturated carbocycles. The van der Waals surface area contributed by atoms with E-state index in [9.17, 15) is 0 Å². The average molecular weight is 325 g/mol. The molecule has 1 heterocycles. The molecule has 128 valence electrons. The van der Waals surface area contributed by atoms with Crippen molar-refractivity contribution in [2.75, 3.05) is 19.8 Å². The highest BCUT2D eigenvalue weighted by Crippen LogP contribution is 2.14. The van der Waals surface area contributed by atoms with Gasteiger partial charge in [0, 0.05) is 26.2 Å². The molecule has 0 aromatic heterocycles. The third kappa shape index (κ3) is 5.75. The van der Waals surface area contributed by atoms with Gasteiger partial charge in [-0.15, -0.1) is 0 Å². The molecule has 0 N–H and O–H groups in total. The van der Waals surface area contributed by atoms with Gasteiger partial charge in [-0.2, -0.15) is 0 Å². The topological polar surface area (TPSA) is 21.7 Å². The van der Waals surface area contributed by atoms with Crippen LogP contribution in [0.15, 0.2) is 60.7 Å². The highest BCUT2D eigenvalue weighted by molar-refractivity contribution is 5.17. The molecule has 1 aliphatic rings. The second-order valence-corrected chi connectivity index (χ2v) is 6.35. The number of hydrogen-bond acceptors (Lipinski definition) is 3. The third-order valence-corrected chi connectivity index (χ3v) is 4.35. The lowest BCUT2D eigenvalue weighted by Gasteiger charge is -2.26. The first-order chi connectivity index (χ1) is 11.9. The maximum Gasteiger partial charge on any atom is 0.157 e. The van der Waals surface area contributed by atoms with E-state index in [0.29, 0.717) is 6.61 Å². The van der Waals surface area contributed by atoms with Crippen LogP contribution in [0.5, 0.6) is 0 Å². The summed E-state index contributed by atoms with van der Waals surface area (Å²) in [6, 6.07) is 21.3. The molecule has 1 atom stereocenters. The average Bonchev–Trinajstić information content (AvgIpc) is 2.64. The molecule has 2 aromatic carbocycles. The van der Waals surface area contributed by atoms with E-state index in [1.54, 1.807) is 0 Å². The molecule has 0 amide bonds. The molecule has 3 rings (SSSR count). The van der Waals surface area contributed by atoms with Gasteiger partial charge in [-0.05, 0) is 30.4 Å². The molecule has 0 radical (unpaired) electrons. The number of benzene rings is 2. The summed E-state index contributed by atoms with van der Waals surface area (Å²) >= 11 is 0. The van der Waals surface area contributed by atoms with Crippen LogP contribution in [-0.2, 0) is 22.6 Å². The molecule has 1 unspecified atom stereocenters. The van der Waals surface area contributed by atoms with Gasteiger partial charge in [0.25, 0.3) is 0 Å². The normalized spacial score (nSPS) is 18.0. The molecular formula is C21H27NO2. The number of ether oxygens (including phenoxy) is 2. The molecular weight excluding hydrogens is 298 g/mol. The van der Waals surface area contributed by atoms with Crippen molar-refractivity contribution in [3.05, 3.63) is 71.8 Å². The van der Waals surface area contributed by atoms with E-state index < -0.39 is 0 Å². The molecule has 24 heavy (non-hydrogen) atoms. The smallest absolute Gasteiger partial charge is 0.157 e. The van der Waals surface area contributed by atoms with Crippen molar-refractivity contribution >= 4 is 0 Å². The van der Waals surface area contributed by atoms with E-state index in [1.807, 2.05) is 0 Å². The van der Waals surface area contributed by atoms with E-state index in [2.05, 4.69) is 65.6 Å². The quantitative estimate of drug-likeness (QED) is 0.725. The van der Waals surface area contributed by atoms with Gasteiger partial charge in [-0.3, -0.25) is 4.90 Å². The van der Waals surface area contributed by atoms with Crippen molar-refractivity contribution in [2.24, 2.45) is 0 Å². The largest absolute Gasteiger partial charge is 0.353 e. The van der Waals surface area contributed by atoms with Crippen LogP contribution in [0.3, 0.4) is 0 Å². The fraction of sp³-hybridized carbons (Fsp3) is 0.429. The van der Waals surface area contributed by atoms with Gasteiger partial charge in [0.1, 0.15) is 0 Å². The zero-order valence-corrected chi connectivity index (χ0v) is 14.3. The molecule has 1 aliphatic heterocycles. The van der Waals surface area contributed by atoms with E-state index in [0.717, 1.165) is 39.1 Å². The Morgan fingerprint density at radius 2 is 1.50 bits per heavy atom. The minimum Gasteiger partial charge on any atom is -0.353 e. The first-order valence-electron chi connectivity index (χ1n) is 8.93. The van der Waals surface area contributed by atoms with Crippen LogP contribution in [0, 0.1) is 0 Å². The predicted octanol–water partition coefficient (Wildman–Crippen LogP) is 4.23. The van der Waals surface area contributed by atoms with Gasteiger partial charge in [0.2, 0.25) is 0 Å². The third-order valence-electron chi connectivity index (χ3n) is 4.35. The summed E-state index contributed by atoms with van der Waals surface area (Å²) in [4.78, 5) is 2.44. The van der Waals surface area contributed by atoms with Crippen LogP contribution < -0.4 is 0 Å². The van der Waals surface area contributed by atoms with Crippen LogP contribution in [-0.4, -0.2) is 30.9 Å². The zero-order valence-electron chi connectivity index (χ0n) is 14.3. The van der Waals surface area contributed by atoms with Gasteiger partial charge in [-0.25, -0.2) is 0 Å². The summed E-state index contributed by atoms with van der Waals surface area (Å²) in [5, 5.41) is 0. The van der Waals surface area contributed by atoms with E-state index in [4.69, 9.17) is 9.47 Å². The Labute approximate surface area is 145 Å². The molecule has 2 aromatic rings. The van der Waals surface area contributed by atoms with Crippen LogP contribution in [0.2, 0.25) is 0 Å². The van der Waals surface area contributed by atoms with Crippen molar-refractivity contribution in [3.63, 3.8) is 0 Å². The summed E-state index contributed by atoms with van der Waals surface area (Å²) in [6.07, 6.45) is 3.39. The monoisotopic (exact) mass is 325 g/mol. The van der Waals surface area contributed by atoms with Crippen molar-refractivity contribution in [3.8, 4) is 0 Å². The summed E-state index contributed by atoms with van der Waals surface area (Å²) in [5.41, 5.74) is 2.67. The van der Waals surface area contributed by atoms with Gasteiger partial charge in [0.15, 0.2) is 6.29 Å². The lowest BCUT2D eigenvalue weighted by molar-refractivity contribution is -0.164. The van der Waals surface area contributed by atoms with Gasteiger partial charge in [-0.1, -0.05) is 60.7 Å². The van der Waals surface area contributed by atoms with Crippen LogP contribution >= 0.6 is 0 Å². The van der Waals surface area contributed by atoms with E-state index in [-0.39, 0.29) is 6.29 Å². The first-order valence-corrected chi connectivity index (χ1v) is 8.93. The summed E-state index contributed by atoms with van der Waals surface area (Å²) in [5.74, 6) is 0. The Hall–Kier alpha value is -1.68. The Morgan fingerprint density at radius 3 is 2.04 bits per heavy atom. The molecule has 3 nitrogen and oxygen atoms in total. The second kappa shape index (κ2) is 9.58. The maximum absolute atomic E-state index is 5.92. The maximum atomic E-state index is 5.92. The highest BCUT2D eigenvalue weighted by Gasteiger charge is 2.15. The van der Waals surface area contributed by atoms with Crippen molar-refractivity contribution in [2.45, 2.75) is 38.6 Å². The van der Waals surface area contributed by atoms with Crippen molar-refractivity contribution in [1.29, 1.82) is 0 Å². The number of nitrogens with zero attached hydrogens (tertiary/aromatic N) is 1. The fourth-order valence-corrected chi connectivity index (χ4v) is 3.05. The molecule has 3 heteroatoms. The minimum absolute atomic E-state index is 0.00551. The van der Waals surface area contributed by atoms with Crippen LogP contribution in [0.1, 0.15) is 30.4 Å².